The Morgan fingerprint density at radius 3 is 2.61 bits per heavy atom. The minimum atomic E-state index is -0.342. The lowest BCUT2D eigenvalue weighted by Gasteiger charge is -2.31. The molecule has 0 spiro atoms. The molecule has 0 saturated carbocycles. The number of piperazine rings is 1. The van der Waals surface area contributed by atoms with Crippen LogP contribution in [-0.2, 0) is 0 Å². The number of carbonyl (C=O) groups is 1. The Morgan fingerprint density at radius 1 is 1.33 bits per heavy atom. The highest BCUT2D eigenvalue weighted by molar-refractivity contribution is 9.10. The fourth-order valence-corrected chi connectivity index (χ4v) is 2.35. The van der Waals surface area contributed by atoms with Gasteiger partial charge in [0.05, 0.1) is 11.0 Å². The van der Waals surface area contributed by atoms with E-state index < -0.39 is 0 Å². The first-order chi connectivity index (χ1) is 8.56. The molecule has 0 aliphatic carbocycles. The number of carbonyl (C=O) groups excluding carboxylic acids is 1. The Bertz CT molecular complexity index is 445. The molecule has 0 atom stereocenters. The molecule has 1 saturated heterocycles. The van der Waals surface area contributed by atoms with Crippen LogP contribution in [0.5, 0.6) is 0 Å². The van der Waals surface area contributed by atoms with Gasteiger partial charge in [-0.2, -0.15) is 0 Å². The topological polar surface area (TPSA) is 23.6 Å². The highest BCUT2D eigenvalue weighted by Crippen LogP contribution is 2.17. The van der Waals surface area contributed by atoms with E-state index in [0.29, 0.717) is 16.6 Å². The van der Waals surface area contributed by atoms with Gasteiger partial charge in [-0.15, -0.1) is 0 Å². The summed E-state index contributed by atoms with van der Waals surface area (Å²) in [6.07, 6.45) is 0. The van der Waals surface area contributed by atoms with Gasteiger partial charge in [0.1, 0.15) is 5.82 Å². The van der Waals surface area contributed by atoms with Crippen molar-refractivity contribution >= 4 is 21.7 Å². The zero-order valence-corrected chi connectivity index (χ0v) is 11.9. The van der Waals surface area contributed by atoms with Crippen molar-refractivity contribution in [2.75, 3.05) is 39.8 Å². The normalized spacial score (nSPS) is 17.9. The monoisotopic (exact) mass is 314 g/mol. The van der Waals surface area contributed by atoms with E-state index in [-0.39, 0.29) is 11.6 Å². The van der Waals surface area contributed by atoms with Crippen LogP contribution in [0.3, 0.4) is 0 Å². The predicted octanol–water partition coefficient (Wildman–Crippen LogP) is 2.02. The summed E-state index contributed by atoms with van der Waals surface area (Å²) in [6, 6.07) is 4.41. The largest absolute Gasteiger partial charge is 0.304 e. The maximum Gasteiger partial charge on any atom is 0.176 e. The SMILES string of the molecule is CN1CCN(CC(=O)c2ccc(F)c(Br)c2)CC1. The number of benzene rings is 1. The second-order valence-corrected chi connectivity index (χ2v) is 5.49. The minimum absolute atomic E-state index is 0.0419. The number of halogens is 2. The van der Waals surface area contributed by atoms with Gasteiger partial charge in [0.25, 0.3) is 0 Å². The van der Waals surface area contributed by atoms with Gasteiger partial charge in [-0.25, -0.2) is 4.39 Å². The third-order valence-electron chi connectivity index (χ3n) is 3.20. The van der Waals surface area contributed by atoms with E-state index in [1.165, 1.54) is 6.07 Å². The first kappa shape index (κ1) is 13.6. The molecule has 0 unspecified atom stereocenters. The van der Waals surface area contributed by atoms with Gasteiger partial charge in [-0.3, -0.25) is 9.69 Å². The lowest BCUT2D eigenvalue weighted by Crippen LogP contribution is -2.46. The molecule has 98 valence electrons. The average Bonchev–Trinajstić information content (AvgIpc) is 2.35. The van der Waals surface area contributed by atoms with Gasteiger partial charge in [-0.1, -0.05) is 0 Å². The van der Waals surface area contributed by atoms with Crippen LogP contribution in [0.15, 0.2) is 22.7 Å². The second kappa shape index (κ2) is 5.91. The van der Waals surface area contributed by atoms with E-state index in [1.54, 1.807) is 12.1 Å². The van der Waals surface area contributed by atoms with Crippen molar-refractivity contribution in [3.63, 3.8) is 0 Å². The van der Waals surface area contributed by atoms with E-state index in [4.69, 9.17) is 0 Å². The Morgan fingerprint density at radius 2 is 2.00 bits per heavy atom. The fraction of sp³-hybridized carbons (Fsp3) is 0.462. The quantitative estimate of drug-likeness (QED) is 0.798. The van der Waals surface area contributed by atoms with Crippen molar-refractivity contribution < 1.29 is 9.18 Å². The first-order valence-corrected chi connectivity index (χ1v) is 6.75. The highest BCUT2D eigenvalue weighted by atomic mass is 79.9. The summed E-state index contributed by atoms with van der Waals surface area (Å²) in [5.41, 5.74) is 0.558. The zero-order valence-electron chi connectivity index (χ0n) is 10.3. The van der Waals surface area contributed by atoms with Crippen molar-refractivity contribution in [1.29, 1.82) is 0 Å². The number of likely N-dealkylation sites (N-methyl/N-ethyl adjacent to an activating group) is 1. The van der Waals surface area contributed by atoms with E-state index in [0.717, 1.165) is 26.2 Å². The lowest BCUT2D eigenvalue weighted by atomic mass is 10.1. The Kier molecular flexibility index (Phi) is 4.48. The van der Waals surface area contributed by atoms with E-state index in [2.05, 4.69) is 32.8 Å². The summed E-state index contributed by atoms with van der Waals surface area (Å²) >= 11 is 3.10. The summed E-state index contributed by atoms with van der Waals surface area (Å²) in [6.45, 7) is 4.20. The predicted molar refractivity (Wildman–Crippen MR) is 72.4 cm³/mol. The average molecular weight is 315 g/mol. The molecule has 0 aromatic heterocycles. The molecule has 3 nitrogen and oxygen atoms in total. The number of hydrogen-bond donors (Lipinski definition) is 0. The Labute approximate surface area is 115 Å². The molecule has 1 fully saturated rings. The van der Waals surface area contributed by atoms with Crippen molar-refractivity contribution in [2.24, 2.45) is 0 Å². The standard InChI is InChI=1S/C13H16BrFN2O/c1-16-4-6-17(7-5-16)9-13(18)10-2-3-12(15)11(14)8-10/h2-3,8H,4-7,9H2,1H3. The van der Waals surface area contributed by atoms with Gasteiger partial charge < -0.3 is 4.90 Å². The van der Waals surface area contributed by atoms with Crippen molar-refractivity contribution in [3.8, 4) is 0 Å². The molecular weight excluding hydrogens is 299 g/mol. The van der Waals surface area contributed by atoms with Gasteiger partial charge >= 0.3 is 0 Å². The summed E-state index contributed by atoms with van der Waals surface area (Å²) in [5.74, 6) is -0.300. The van der Waals surface area contributed by atoms with Crippen LogP contribution in [0.1, 0.15) is 10.4 Å². The van der Waals surface area contributed by atoms with Crippen LogP contribution < -0.4 is 0 Å². The van der Waals surface area contributed by atoms with Crippen LogP contribution in [-0.4, -0.2) is 55.4 Å². The molecule has 0 bridgehead atoms. The molecule has 1 aromatic rings. The number of Topliss-reactive ketones (excluding diaryl/α,β-unsaturated/α-hetero) is 1. The Hall–Kier alpha value is -0.780. The van der Waals surface area contributed by atoms with Crippen LogP contribution in [0.4, 0.5) is 4.39 Å². The van der Waals surface area contributed by atoms with Crippen LogP contribution in [0.2, 0.25) is 0 Å². The second-order valence-electron chi connectivity index (χ2n) is 4.63. The molecule has 2 rings (SSSR count). The molecule has 0 amide bonds. The van der Waals surface area contributed by atoms with E-state index in [1.807, 2.05) is 0 Å². The van der Waals surface area contributed by atoms with Gasteiger partial charge in [0.2, 0.25) is 0 Å². The fourth-order valence-electron chi connectivity index (χ4n) is 1.97. The molecule has 1 aromatic carbocycles. The van der Waals surface area contributed by atoms with Crippen molar-refractivity contribution in [2.45, 2.75) is 0 Å². The zero-order chi connectivity index (χ0) is 13.1. The number of nitrogens with zero attached hydrogens (tertiary/aromatic N) is 2. The number of hydrogen-bond acceptors (Lipinski definition) is 3. The summed E-state index contributed by atoms with van der Waals surface area (Å²) in [7, 11) is 2.08. The third-order valence-corrected chi connectivity index (χ3v) is 3.81. The molecule has 5 heteroatoms. The summed E-state index contributed by atoms with van der Waals surface area (Å²) in [5, 5.41) is 0. The molecular formula is C13H16BrFN2O. The number of rotatable bonds is 3. The maximum atomic E-state index is 13.1. The molecule has 18 heavy (non-hydrogen) atoms. The van der Waals surface area contributed by atoms with Crippen LogP contribution in [0.25, 0.3) is 0 Å². The third kappa shape index (κ3) is 3.37. The minimum Gasteiger partial charge on any atom is -0.304 e. The van der Waals surface area contributed by atoms with Crippen LogP contribution >= 0.6 is 15.9 Å². The van der Waals surface area contributed by atoms with E-state index >= 15 is 0 Å². The lowest BCUT2D eigenvalue weighted by molar-refractivity contribution is 0.0876. The Balaban J connectivity index is 1.97. The molecule has 1 heterocycles. The van der Waals surface area contributed by atoms with Gasteiger partial charge in [-0.05, 0) is 41.2 Å². The summed E-state index contributed by atoms with van der Waals surface area (Å²) in [4.78, 5) is 16.4. The smallest absolute Gasteiger partial charge is 0.176 e. The molecule has 0 N–H and O–H groups in total. The molecule has 1 aliphatic heterocycles. The number of ketones is 1. The summed E-state index contributed by atoms with van der Waals surface area (Å²) < 4.78 is 13.4. The highest BCUT2D eigenvalue weighted by Gasteiger charge is 2.17. The van der Waals surface area contributed by atoms with Gasteiger partial charge in [0.15, 0.2) is 5.78 Å². The first-order valence-electron chi connectivity index (χ1n) is 5.95. The van der Waals surface area contributed by atoms with Crippen LogP contribution in [0, 0.1) is 5.82 Å². The van der Waals surface area contributed by atoms with E-state index in [9.17, 15) is 9.18 Å². The van der Waals surface area contributed by atoms with Gasteiger partial charge in [0, 0.05) is 31.7 Å². The molecule has 0 radical (unpaired) electrons. The molecule has 1 aliphatic rings. The van der Waals surface area contributed by atoms with Crippen molar-refractivity contribution in [3.05, 3.63) is 34.1 Å². The maximum absolute atomic E-state index is 13.1. The van der Waals surface area contributed by atoms with Crippen molar-refractivity contribution in [1.82, 2.24) is 9.80 Å².